The Kier molecular flexibility index (Phi) is 6.22. The van der Waals surface area contributed by atoms with Crippen LogP contribution in [0.5, 0.6) is 17.2 Å². The van der Waals surface area contributed by atoms with Crippen molar-refractivity contribution in [2.24, 2.45) is 0 Å². The van der Waals surface area contributed by atoms with Crippen LogP contribution in [-0.2, 0) is 11.3 Å². The molecule has 1 aliphatic heterocycles. The van der Waals surface area contributed by atoms with Gasteiger partial charge in [-0.05, 0) is 31.5 Å². The van der Waals surface area contributed by atoms with Gasteiger partial charge in [0.2, 0.25) is 5.91 Å². The molecule has 0 saturated carbocycles. The fourth-order valence-electron chi connectivity index (χ4n) is 3.34. The smallest absolute Gasteiger partial charge is 0.387 e. The van der Waals surface area contributed by atoms with E-state index in [1.807, 2.05) is 11.8 Å². The maximum Gasteiger partial charge on any atom is 0.387 e. The van der Waals surface area contributed by atoms with Gasteiger partial charge in [0.25, 0.3) is 0 Å². The highest BCUT2D eigenvalue weighted by atomic mass is 19.3. The number of carbonyl (C=O) groups is 1. The van der Waals surface area contributed by atoms with Gasteiger partial charge in [0.15, 0.2) is 0 Å². The topological polar surface area (TPSA) is 60.0 Å². The van der Waals surface area contributed by atoms with Gasteiger partial charge in [-0.2, -0.15) is 8.78 Å². The van der Waals surface area contributed by atoms with Crippen molar-refractivity contribution in [2.75, 3.05) is 26.1 Å². The lowest BCUT2D eigenvalue weighted by atomic mass is 9.85. The molecule has 6 nitrogen and oxygen atoms in total. The van der Waals surface area contributed by atoms with Crippen molar-refractivity contribution < 1.29 is 27.8 Å². The van der Waals surface area contributed by atoms with Gasteiger partial charge in [-0.15, -0.1) is 0 Å². The predicted octanol–water partition coefficient (Wildman–Crippen LogP) is 3.91. The molecule has 1 saturated heterocycles. The van der Waals surface area contributed by atoms with Crippen molar-refractivity contribution in [3.63, 3.8) is 0 Å². The van der Waals surface area contributed by atoms with E-state index < -0.39 is 12.2 Å². The maximum absolute atomic E-state index is 13.0. The number of anilines is 1. The minimum Gasteiger partial charge on any atom is -0.497 e. The van der Waals surface area contributed by atoms with E-state index in [9.17, 15) is 13.6 Å². The third-order valence-corrected chi connectivity index (χ3v) is 5.26. The molecular formula is C21H24F2N2O4. The molecule has 3 rings (SSSR count). The van der Waals surface area contributed by atoms with Crippen LogP contribution in [-0.4, -0.2) is 43.7 Å². The number of alkyl halides is 2. The Morgan fingerprint density at radius 2 is 1.93 bits per heavy atom. The first-order chi connectivity index (χ1) is 13.9. The number of methoxy groups -OCH3 is 2. The average molecular weight is 406 g/mol. The molecule has 8 heteroatoms. The summed E-state index contributed by atoms with van der Waals surface area (Å²) < 4.78 is 40.5. The van der Waals surface area contributed by atoms with Crippen LogP contribution in [0.25, 0.3) is 0 Å². The van der Waals surface area contributed by atoms with Gasteiger partial charge in [-0.3, -0.25) is 9.69 Å². The maximum atomic E-state index is 13.0. The molecule has 1 amide bonds. The molecule has 2 aromatic rings. The van der Waals surface area contributed by atoms with Crippen molar-refractivity contribution >= 4 is 11.6 Å². The fourth-order valence-corrected chi connectivity index (χ4v) is 3.34. The normalized spacial score (nSPS) is 18.8. The standard InChI is InChI=1S/C21H24F2N2O4/c1-21(19(26)24-16-12-15(27-2)8-9-18(16)28-3)10-11-25(21)13-14-6-4-5-7-17(14)29-20(22)23/h4-9,12,20H,10-11,13H2,1-3H3,(H,24,26). The van der Waals surface area contributed by atoms with Gasteiger partial charge in [0.1, 0.15) is 17.2 Å². The van der Waals surface area contributed by atoms with Crippen molar-refractivity contribution in [2.45, 2.75) is 32.0 Å². The molecule has 0 aromatic heterocycles. The Morgan fingerprint density at radius 1 is 1.17 bits per heavy atom. The molecule has 2 aromatic carbocycles. The van der Waals surface area contributed by atoms with Crippen molar-refractivity contribution in [3.8, 4) is 17.2 Å². The van der Waals surface area contributed by atoms with Crippen molar-refractivity contribution in [3.05, 3.63) is 48.0 Å². The number of halogens is 2. The summed E-state index contributed by atoms with van der Waals surface area (Å²) in [6.45, 7) is -0.0815. The van der Waals surface area contributed by atoms with Crippen LogP contribution in [0.3, 0.4) is 0 Å². The monoisotopic (exact) mass is 406 g/mol. The number of carbonyl (C=O) groups excluding carboxylic acids is 1. The number of likely N-dealkylation sites (tertiary alicyclic amines) is 1. The Morgan fingerprint density at radius 3 is 2.55 bits per heavy atom. The molecule has 0 bridgehead atoms. The minimum absolute atomic E-state index is 0.117. The Balaban J connectivity index is 1.76. The third-order valence-electron chi connectivity index (χ3n) is 5.26. The first-order valence-electron chi connectivity index (χ1n) is 9.18. The van der Waals surface area contributed by atoms with Gasteiger partial charge in [-0.25, -0.2) is 0 Å². The summed E-state index contributed by atoms with van der Waals surface area (Å²) in [7, 11) is 3.07. The summed E-state index contributed by atoms with van der Waals surface area (Å²) in [5.74, 6) is 1.02. The molecule has 156 valence electrons. The van der Waals surface area contributed by atoms with Gasteiger partial charge in [0.05, 0.1) is 25.4 Å². The zero-order chi connectivity index (χ0) is 21.0. The van der Waals surface area contributed by atoms with E-state index in [1.54, 1.807) is 43.5 Å². The van der Waals surface area contributed by atoms with Crippen LogP contribution in [0.4, 0.5) is 14.5 Å². The zero-order valence-corrected chi connectivity index (χ0v) is 16.6. The lowest BCUT2D eigenvalue weighted by Crippen LogP contribution is -2.63. The second-order valence-electron chi connectivity index (χ2n) is 6.95. The van der Waals surface area contributed by atoms with Gasteiger partial charge in [-0.1, -0.05) is 18.2 Å². The van der Waals surface area contributed by atoms with Crippen LogP contribution in [0.15, 0.2) is 42.5 Å². The molecule has 1 heterocycles. The molecule has 1 aliphatic rings. The Hall–Kier alpha value is -2.87. The fraction of sp³-hybridized carbons (Fsp3) is 0.381. The van der Waals surface area contributed by atoms with E-state index in [0.717, 1.165) is 0 Å². The quantitative estimate of drug-likeness (QED) is 0.720. The summed E-state index contributed by atoms with van der Waals surface area (Å²) in [5.41, 5.74) is 0.323. The molecule has 1 fully saturated rings. The zero-order valence-electron chi connectivity index (χ0n) is 16.6. The number of hydrogen-bond donors (Lipinski definition) is 1. The second kappa shape index (κ2) is 8.65. The number of nitrogens with zero attached hydrogens (tertiary/aromatic N) is 1. The summed E-state index contributed by atoms with van der Waals surface area (Å²) in [6.07, 6.45) is 0.642. The number of ether oxygens (including phenoxy) is 3. The number of benzene rings is 2. The lowest BCUT2D eigenvalue weighted by Gasteiger charge is -2.49. The number of para-hydroxylation sites is 1. The number of nitrogens with one attached hydrogen (secondary N) is 1. The summed E-state index contributed by atoms with van der Waals surface area (Å²) in [5, 5.41) is 2.90. The van der Waals surface area contributed by atoms with E-state index in [-0.39, 0.29) is 11.7 Å². The molecule has 29 heavy (non-hydrogen) atoms. The SMILES string of the molecule is COc1ccc(OC)c(NC(=O)C2(C)CCN2Cc2ccccc2OC(F)F)c1. The van der Waals surface area contributed by atoms with E-state index in [0.29, 0.717) is 42.3 Å². The highest BCUT2D eigenvalue weighted by molar-refractivity contribution is 5.99. The number of amides is 1. The summed E-state index contributed by atoms with van der Waals surface area (Å²) >= 11 is 0. The Labute approximate surface area is 168 Å². The molecule has 0 aliphatic carbocycles. The molecule has 1 N–H and O–H groups in total. The molecular weight excluding hydrogens is 382 g/mol. The largest absolute Gasteiger partial charge is 0.497 e. The van der Waals surface area contributed by atoms with Crippen LogP contribution in [0.2, 0.25) is 0 Å². The van der Waals surface area contributed by atoms with Crippen molar-refractivity contribution in [1.29, 1.82) is 0 Å². The van der Waals surface area contributed by atoms with Gasteiger partial charge in [0, 0.05) is 24.7 Å². The number of rotatable bonds is 8. The summed E-state index contributed by atoms with van der Waals surface area (Å²) in [4.78, 5) is 15.0. The molecule has 0 radical (unpaired) electrons. The van der Waals surface area contributed by atoms with Crippen LogP contribution < -0.4 is 19.5 Å². The number of hydrogen-bond acceptors (Lipinski definition) is 5. The molecule has 1 atom stereocenters. The molecule has 1 unspecified atom stereocenters. The summed E-state index contributed by atoms with van der Waals surface area (Å²) in [6, 6.07) is 11.8. The van der Waals surface area contributed by atoms with Gasteiger partial charge >= 0.3 is 6.61 Å². The highest BCUT2D eigenvalue weighted by Gasteiger charge is 2.47. The predicted molar refractivity (Wildman–Crippen MR) is 105 cm³/mol. The van der Waals surface area contributed by atoms with Crippen LogP contribution >= 0.6 is 0 Å². The average Bonchev–Trinajstić information content (AvgIpc) is 2.71. The van der Waals surface area contributed by atoms with E-state index in [4.69, 9.17) is 9.47 Å². The second-order valence-corrected chi connectivity index (χ2v) is 6.95. The first kappa shape index (κ1) is 20.9. The third kappa shape index (κ3) is 4.42. The van der Waals surface area contributed by atoms with E-state index in [2.05, 4.69) is 10.1 Å². The van der Waals surface area contributed by atoms with Crippen LogP contribution in [0, 0.1) is 0 Å². The molecule has 0 spiro atoms. The highest BCUT2D eigenvalue weighted by Crippen LogP contribution is 2.36. The van der Waals surface area contributed by atoms with Crippen LogP contribution in [0.1, 0.15) is 18.9 Å². The van der Waals surface area contributed by atoms with E-state index >= 15 is 0 Å². The van der Waals surface area contributed by atoms with Crippen molar-refractivity contribution in [1.82, 2.24) is 4.90 Å². The first-order valence-corrected chi connectivity index (χ1v) is 9.18. The Bertz CT molecular complexity index is 878. The lowest BCUT2D eigenvalue weighted by molar-refractivity contribution is -0.136. The minimum atomic E-state index is -2.90. The van der Waals surface area contributed by atoms with E-state index in [1.165, 1.54) is 13.2 Å². The van der Waals surface area contributed by atoms with Gasteiger partial charge < -0.3 is 19.5 Å².